The lowest BCUT2D eigenvalue weighted by molar-refractivity contribution is 0.192. The molecule has 0 atom stereocenters. The van der Waals surface area contributed by atoms with Gasteiger partial charge in [-0.1, -0.05) is 13.0 Å². The molecule has 0 radical (unpaired) electrons. The highest BCUT2D eigenvalue weighted by Gasteiger charge is 2.15. The molecular formula is C17H25N7O. The molecule has 0 unspecified atom stereocenters. The summed E-state index contributed by atoms with van der Waals surface area (Å²) in [4.78, 5) is 14.5. The van der Waals surface area contributed by atoms with Crippen LogP contribution in [0.15, 0.2) is 24.3 Å². The van der Waals surface area contributed by atoms with E-state index in [4.69, 9.17) is 0 Å². The van der Waals surface area contributed by atoms with Crippen molar-refractivity contribution >= 4 is 11.7 Å². The van der Waals surface area contributed by atoms with Gasteiger partial charge in [0.25, 0.3) is 0 Å². The van der Waals surface area contributed by atoms with Gasteiger partial charge in [-0.2, -0.15) is 4.68 Å². The summed E-state index contributed by atoms with van der Waals surface area (Å²) in [7, 11) is 0. The van der Waals surface area contributed by atoms with Gasteiger partial charge in [0.2, 0.25) is 0 Å². The van der Waals surface area contributed by atoms with Gasteiger partial charge < -0.3 is 15.5 Å². The van der Waals surface area contributed by atoms with Crippen LogP contribution in [0.5, 0.6) is 0 Å². The fourth-order valence-electron chi connectivity index (χ4n) is 2.97. The summed E-state index contributed by atoms with van der Waals surface area (Å²) in [6, 6.07) is 7.24. The first kappa shape index (κ1) is 17.3. The number of aromatic nitrogens is 4. The number of likely N-dealkylation sites (tertiary alicyclic amines) is 1. The lowest BCUT2D eigenvalue weighted by Crippen LogP contribution is -2.40. The van der Waals surface area contributed by atoms with Crippen molar-refractivity contribution in [1.29, 1.82) is 0 Å². The van der Waals surface area contributed by atoms with Gasteiger partial charge in [0.1, 0.15) is 0 Å². The molecule has 2 amide bonds. The molecular weight excluding hydrogens is 318 g/mol. The van der Waals surface area contributed by atoms with Crippen molar-refractivity contribution in [2.75, 3.05) is 31.5 Å². The van der Waals surface area contributed by atoms with E-state index in [-0.39, 0.29) is 6.03 Å². The number of urea groups is 1. The molecule has 2 aromatic rings. The van der Waals surface area contributed by atoms with Crippen LogP contribution in [0.1, 0.15) is 25.6 Å². The number of piperidine rings is 1. The minimum absolute atomic E-state index is 0.198. The zero-order chi connectivity index (χ0) is 17.6. The number of carbonyl (C=O) groups excluding carboxylic acids is 1. The number of hydrogen-bond acceptors (Lipinski definition) is 5. The summed E-state index contributed by atoms with van der Waals surface area (Å²) >= 11 is 0. The van der Waals surface area contributed by atoms with E-state index in [1.54, 1.807) is 4.68 Å². The number of rotatable bonds is 5. The fraction of sp³-hybridized carbons (Fsp3) is 0.529. The summed E-state index contributed by atoms with van der Waals surface area (Å²) < 4.78 is 1.63. The number of anilines is 1. The number of nitrogens with one attached hydrogen (secondary N) is 2. The standard InChI is InChI=1S/C17H25N7O/c1-13-6-9-23(10-7-13)11-8-18-17(25)19-15-4-3-5-16(12-15)24-14(2)20-21-22-24/h3-5,12-13H,6-11H2,1-2H3,(H2,18,19,25). The summed E-state index contributed by atoms with van der Waals surface area (Å²) in [5.74, 6) is 1.51. The first-order valence-electron chi connectivity index (χ1n) is 8.74. The number of hydrogen-bond donors (Lipinski definition) is 2. The Labute approximate surface area is 147 Å². The molecule has 3 rings (SSSR count). The van der Waals surface area contributed by atoms with Crippen LogP contribution in [0.25, 0.3) is 5.69 Å². The van der Waals surface area contributed by atoms with E-state index in [1.165, 1.54) is 12.8 Å². The van der Waals surface area contributed by atoms with E-state index in [9.17, 15) is 4.79 Å². The van der Waals surface area contributed by atoms with Gasteiger partial charge in [-0.05, 0) is 67.4 Å². The van der Waals surface area contributed by atoms with Gasteiger partial charge >= 0.3 is 6.03 Å². The zero-order valence-electron chi connectivity index (χ0n) is 14.8. The Bertz CT molecular complexity index is 707. The monoisotopic (exact) mass is 343 g/mol. The summed E-state index contributed by atoms with van der Waals surface area (Å²) in [6.07, 6.45) is 2.49. The van der Waals surface area contributed by atoms with Gasteiger partial charge in [-0.3, -0.25) is 0 Å². The first-order valence-corrected chi connectivity index (χ1v) is 8.74. The van der Waals surface area contributed by atoms with Crippen molar-refractivity contribution in [1.82, 2.24) is 30.4 Å². The molecule has 8 nitrogen and oxygen atoms in total. The van der Waals surface area contributed by atoms with Crippen molar-refractivity contribution in [2.45, 2.75) is 26.7 Å². The van der Waals surface area contributed by atoms with E-state index >= 15 is 0 Å². The molecule has 1 fully saturated rings. The second-order valence-corrected chi connectivity index (χ2v) is 6.59. The van der Waals surface area contributed by atoms with Crippen molar-refractivity contribution in [3.63, 3.8) is 0 Å². The van der Waals surface area contributed by atoms with Gasteiger partial charge in [0.05, 0.1) is 5.69 Å². The lowest BCUT2D eigenvalue weighted by Gasteiger charge is -2.30. The molecule has 0 aliphatic carbocycles. The van der Waals surface area contributed by atoms with E-state index in [1.807, 2.05) is 31.2 Å². The molecule has 1 saturated heterocycles. The van der Waals surface area contributed by atoms with Crippen LogP contribution < -0.4 is 10.6 Å². The third-order valence-electron chi connectivity index (χ3n) is 4.56. The highest BCUT2D eigenvalue weighted by molar-refractivity contribution is 5.89. The Kier molecular flexibility index (Phi) is 5.60. The number of benzene rings is 1. The van der Waals surface area contributed by atoms with Gasteiger partial charge in [-0.25, -0.2) is 4.79 Å². The third kappa shape index (κ3) is 4.76. The largest absolute Gasteiger partial charge is 0.337 e. The van der Waals surface area contributed by atoms with E-state index in [0.717, 1.165) is 31.2 Å². The molecule has 2 N–H and O–H groups in total. The van der Waals surface area contributed by atoms with Crippen LogP contribution in [0, 0.1) is 12.8 Å². The minimum Gasteiger partial charge on any atom is -0.337 e. The maximum absolute atomic E-state index is 12.1. The Morgan fingerprint density at radius 2 is 2.12 bits per heavy atom. The van der Waals surface area contributed by atoms with Gasteiger partial charge in [0.15, 0.2) is 5.82 Å². The average molecular weight is 343 g/mol. The lowest BCUT2D eigenvalue weighted by atomic mass is 9.99. The molecule has 0 spiro atoms. The predicted molar refractivity (Wildman–Crippen MR) is 95.8 cm³/mol. The van der Waals surface area contributed by atoms with Crippen molar-refractivity contribution in [2.24, 2.45) is 5.92 Å². The molecule has 0 bridgehead atoms. The third-order valence-corrected chi connectivity index (χ3v) is 4.56. The van der Waals surface area contributed by atoms with Crippen molar-refractivity contribution in [3.05, 3.63) is 30.1 Å². The molecule has 1 aromatic carbocycles. The van der Waals surface area contributed by atoms with E-state index < -0.39 is 0 Å². The second-order valence-electron chi connectivity index (χ2n) is 6.59. The normalized spacial score (nSPS) is 15.9. The van der Waals surface area contributed by atoms with Crippen LogP contribution in [-0.4, -0.2) is 57.3 Å². The second kappa shape index (κ2) is 8.06. The molecule has 134 valence electrons. The summed E-state index contributed by atoms with van der Waals surface area (Å²) in [5.41, 5.74) is 1.51. The average Bonchev–Trinajstić information content (AvgIpc) is 3.03. The SMILES string of the molecule is Cc1nnnn1-c1cccc(NC(=O)NCCN2CCC(C)CC2)c1. The van der Waals surface area contributed by atoms with Gasteiger partial charge in [-0.15, -0.1) is 5.10 Å². The Morgan fingerprint density at radius 3 is 2.84 bits per heavy atom. The highest BCUT2D eigenvalue weighted by Crippen LogP contribution is 2.16. The smallest absolute Gasteiger partial charge is 0.319 e. The topological polar surface area (TPSA) is 88.0 Å². The minimum atomic E-state index is -0.198. The Morgan fingerprint density at radius 1 is 1.32 bits per heavy atom. The van der Waals surface area contributed by atoms with Crippen molar-refractivity contribution in [3.8, 4) is 5.69 Å². The molecule has 0 saturated carbocycles. The van der Waals surface area contributed by atoms with Gasteiger partial charge in [0, 0.05) is 18.8 Å². The number of tetrazole rings is 1. The van der Waals surface area contributed by atoms with Crippen molar-refractivity contribution < 1.29 is 4.79 Å². The number of aryl methyl sites for hydroxylation is 1. The molecule has 25 heavy (non-hydrogen) atoms. The highest BCUT2D eigenvalue weighted by atomic mass is 16.2. The Hall–Kier alpha value is -2.48. The summed E-state index contributed by atoms with van der Waals surface area (Å²) in [6.45, 7) is 7.91. The molecule has 8 heteroatoms. The maximum atomic E-state index is 12.1. The maximum Gasteiger partial charge on any atom is 0.319 e. The summed E-state index contributed by atoms with van der Waals surface area (Å²) in [5, 5.41) is 17.2. The molecule has 1 aromatic heterocycles. The number of amides is 2. The zero-order valence-corrected chi connectivity index (χ0v) is 14.8. The quantitative estimate of drug-likeness (QED) is 0.865. The van der Waals surface area contributed by atoms with Crippen LogP contribution in [0.2, 0.25) is 0 Å². The predicted octanol–water partition coefficient (Wildman–Crippen LogP) is 1.82. The number of carbonyl (C=O) groups is 1. The van der Waals surface area contributed by atoms with Crippen LogP contribution >= 0.6 is 0 Å². The first-order chi connectivity index (χ1) is 12.1. The Balaban J connectivity index is 1.47. The van der Waals surface area contributed by atoms with E-state index in [0.29, 0.717) is 18.1 Å². The molecule has 2 heterocycles. The molecule has 1 aliphatic heterocycles. The molecule has 1 aliphatic rings. The van der Waals surface area contributed by atoms with E-state index in [2.05, 4.69) is 38.0 Å². The van der Waals surface area contributed by atoms with Crippen LogP contribution in [-0.2, 0) is 0 Å². The fourth-order valence-corrected chi connectivity index (χ4v) is 2.97. The number of nitrogens with zero attached hydrogens (tertiary/aromatic N) is 5. The van der Waals surface area contributed by atoms with Crippen LogP contribution in [0.3, 0.4) is 0 Å². The van der Waals surface area contributed by atoms with Crippen LogP contribution in [0.4, 0.5) is 10.5 Å².